The fraction of sp³-hybridized carbons (Fsp3) is 0.435. The number of halogens is 3. The van der Waals surface area contributed by atoms with Crippen molar-refractivity contribution < 1.29 is 28.2 Å². The Bertz CT molecular complexity index is 926. The van der Waals surface area contributed by atoms with Crippen LogP contribution in [0.25, 0.3) is 0 Å². The minimum atomic E-state index is -4.34. The van der Waals surface area contributed by atoms with E-state index in [1.807, 2.05) is 11.9 Å². The lowest BCUT2D eigenvalue weighted by molar-refractivity contribution is -0.137. The third-order valence-electron chi connectivity index (χ3n) is 6.12. The van der Waals surface area contributed by atoms with Crippen molar-refractivity contribution in [3.63, 3.8) is 0 Å². The summed E-state index contributed by atoms with van der Waals surface area (Å²) in [6, 6.07) is 9.91. The van der Waals surface area contributed by atoms with E-state index in [9.17, 15) is 28.2 Å². The minimum absolute atomic E-state index is 0.0339. The molecule has 0 aromatic heterocycles. The van der Waals surface area contributed by atoms with Gasteiger partial charge >= 0.3 is 6.18 Å². The average molecular weight is 451 g/mol. The summed E-state index contributed by atoms with van der Waals surface area (Å²) >= 11 is 0. The van der Waals surface area contributed by atoms with Crippen LogP contribution >= 0.6 is 0 Å². The predicted molar refractivity (Wildman–Crippen MR) is 115 cm³/mol. The molecule has 32 heavy (non-hydrogen) atoms. The highest BCUT2D eigenvalue weighted by molar-refractivity contribution is 5.95. The molecule has 0 saturated heterocycles. The number of aliphatic hydroxyl groups excluding tert-OH is 1. The normalized spacial score (nSPS) is 20.0. The molecule has 174 valence electrons. The van der Waals surface area contributed by atoms with E-state index < -0.39 is 23.8 Å². The first kappa shape index (κ1) is 23.9. The molecule has 0 radical (unpaired) electrons. The number of carbonyl (C=O) groups is 1. The molecule has 1 amide bonds. The molecule has 0 aliphatic heterocycles. The number of amides is 1. The number of aliphatic hydroxyl groups is 1. The second-order valence-corrected chi connectivity index (χ2v) is 8.23. The van der Waals surface area contributed by atoms with Crippen LogP contribution in [0.5, 0.6) is 5.75 Å². The second kappa shape index (κ2) is 9.79. The minimum Gasteiger partial charge on any atom is -0.507 e. The second-order valence-electron chi connectivity index (χ2n) is 8.23. The quantitative estimate of drug-likeness (QED) is 0.516. The van der Waals surface area contributed by atoms with Crippen LogP contribution in [0, 0.1) is 0 Å². The van der Waals surface area contributed by atoms with Crippen molar-refractivity contribution in [2.24, 2.45) is 5.73 Å². The van der Waals surface area contributed by atoms with E-state index in [0.717, 1.165) is 43.5 Å². The zero-order chi connectivity index (χ0) is 23.5. The predicted octanol–water partition coefficient (Wildman–Crippen LogP) is 3.58. The Morgan fingerprint density at radius 2 is 1.78 bits per heavy atom. The van der Waals surface area contributed by atoms with Gasteiger partial charge < -0.3 is 26.2 Å². The fourth-order valence-electron chi connectivity index (χ4n) is 4.12. The molecular formula is C23H28F3N3O3. The summed E-state index contributed by atoms with van der Waals surface area (Å²) in [5.74, 6) is -0.989. The highest BCUT2D eigenvalue weighted by Gasteiger charge is 2.30. The number of benzene rings is 2. The van der Waals surface area contributed by atoms with Crippen LogP contribution in [0.4, 0.5) is 18.9 Å². The highest BCUT2D eigenvalue weighted by atomic mass is 19.4. The van der Waals surface area contributed by atoms with Gasteiger partial charge in [0, 0.05) is 31.4 Å². The first-order chi connectivity index (χ1) is 15.1. The molecule has 0 bridgehead atoms. The van der Waals surface area contributed by atoms with E-state index in [2.05, 4.69) is 5.32 Å². The molecule has 6 nitrogen and oxygen atoms in total. The van der Waals surface area contributed by atoms with Gasteiger partial charge in [0.25, 0.3) is 5.91 Å². The van der Waals surface area contributed by atoms with E-state index in [1.54, 1.807) is 6.07 Å². The third kappa shape index (κ3) is 5.72. The van der Waals surface area contributed by atoms with Gasteiger partial charge in [-0.25, -0.2) is 0 Å². The number of aromatic hydroxyl groups is 1. The van der Waals surface area contributed by atoms with Crippen LogP contribution in [0.3, 0.4) is 0 Å². The van der Waals surface area contributed by atoms with E-state index >= 15 is 0 Å². The standard InChI is InChI=1S/C23H28F3N3O3/c1-29(17-7-3-15(4-8-17)23(24,25)26)18-9-5-16(6-10-18)28-13-21(31)14-2-11-20(30)19(12-14)22(27)32/h2-4,7-8,11-12,16,18,21,28,30-31H,5-6,9-10,13H2,1H3,(H2,27,32)/t16-,18-,21?. The number of nitrogens with zero attached hydrogens (tertiary/aromatic N) is 1. The molecule has 5 N–H and O–H groups in total. The fourth-order valence-corrected chi connectivity index (χ4v) is 4.12. The molecule has 2 aromatic rings. The Labute approximate surface area is 184 Å². The molecule has 1 aliphatic rings. The van der Waals surface area contributed by atoms with Gasteiger partial charge in [0.2, 0.25) is 0 Å². The maximum atomic E-state index is 12.8. The van der Waals surface area contributed by atoms with Gasteiger partial charge in [-0.05, 0) is 67.6 Å². The van der Waals surface area contributed by atoms with Crippen LogP contribution in [0.15, 0.2) is 42.5 Å². The number of nitrogens with one attached hydrogen (secondary N) is 1. The molecule has 1 saturated carbocycles. The maximum Gasteiger partial charge on any atom is 0.416 e. The number of primary amides is 1. The van der Waals surface area contributed by atoms with Crippen LogP contribution in [-0.4, -0.2) is 41.8 Å². The van der Waals surface area contributed by atoms with E-state index in [-0.39, 0.29) is 29.9 Å². The van der Waals surface area contributed by atoms with Crippen molar-refractivity contribution in [2.75, 3.05) is 18.5 Å². The lowest BCUT2D eigenvalue weighted by Crippen LogP contribution is -2.42. The van der Waals surface area contributed by atoms with E-state index in [0.29, 0.717) is 5.56 Å². The summed E-state index contributed by atoms with van der Waals surface area (Å²) in [6.45, 7) is 0.285. The van der Waals surface area contributed by atoms with Crippen LogP contribution in [0.1, 0.15) is 53.3 Å². The summed E-state index contributed by atoms with van der Waals surface area (Å²) < 4.78 is 38.3. The van der Waals surface area contributed by atoms with Crippen molar-refractivity contribution in [1.29, 1.82) is 0 Å². The lowest BCUT2D eigenvalue weighted by atomic mass is 9.90. The number of hydrogen-bond acceptors (Lipinski definition) is 5. The van der Waals surface area contributed by atoms with Crippen molar-refractivity contribution >= 4 is 11.6 Å². The molecule has 1 atom stereocenters. The van der Waals surface area contributed by atoms with Crippen LogP contribution in [-0.2, 0) is 6.18 Å². The van der Waals surface area contributed by atoms with Gasteiger partial charge in [-0.3, -0.25) is 4.79 Å². The van der Waals surface area contributed by atoms with Gasteiger partial charge in [-0.2, -0.15) is 13.2 Å². The molecule has 0 heterocycles. The van der Waals surface area contributed by atoms with Crippen LogP contribution < -0.4 is 16.0 Å². The Morgan fingerprint density at radius 3 is 2.34 bits per heavy atom. The number of anilines is 1. The van der Waals surface area contributed by atoms with Gasteiger partial charge in [0.05, 0.1) is 17.2 Å². The SMILES string of the molecule is CN(c1ccc(C(F)(F)F)cc1)[C@H]1CC[C@H](NCC(O)c2ccc(O)c(C(N)=O)c2)CC1. The van der Waals surface area contributed by atoms with Gasteiger partial charge in [0.1, 0.15) is 5.75 Å². The zero-order valence-electron chi connectivity index (χ0n) is 17.8. The summed E-state index contributed by atoms with van der Waals surface area (Å²) in [6.07, 6.45) is -1.73. The molecule has 3 rings (SSSR count). The largest absolute Gasteiger partial charge is 0.507 e. The number of carbonyl (C=O) groups excluding carboxylic acids is 1. The zero-order valence-corrected chi connectivity index (χ0v) is 17.8. The number of alkyl halides is 3. The Hall–Kier alpha value is -2.78. The summed E-state index contributed by atoms with van der Waals surface area (Å²) in [5, 5.41) is 23.4. The van der Waals surface area contributed by atoms with E-state index in [1.165, 1.54) is 24.3 Å². The summed E-state index contributed by atoms with van der Waals surface area (Å²) in [4.78, 5) is 13.4. The summed E-state index contributed by atoms with van der Waals surface area (Å²) in [7, 11) is 1.89. The Balaban J connectivity index is 1.49. The monoisotopic (exact) mass is 451 g/mol. The first-order valence-electron chi connectivity index (χ1n) is 10.5. The maximum absolute atomic E-state index is 12.8. The molecule has 1 aliphatic carbocycles. The first-order valence-corrected chi connectivity index (χ1v) is 10.5. The molecule has 2 aromatic carbocycles. The van der Waals surface area contributed by atoms with Gasteiger partial charge in [-0.1, -0.05) is 6.07 Å². The molecule has 9 heteroatoms. The molecule has 1 fully saturated rings. The van der Waals surface area contributed by atoms with Gasteiger partial charge in [-0.15, -0.1) is 0 Å². The summed E-state index contributed by atoms with van der Waals surface area (Å²) in [5.41, 5.74) is 5.78. The highest BCUT2D eigenvalue weighted by Crippen LogP contribution is 2.32. The topological polar surface area (TPSA) is 98.8 Å². The van der Waals surface area contributed by atoms with Crippen molar-refractivity contribution in [2.45, 2.75) is 50.0 Å². The van der Waals surface area contributed by atoms with Gasteiger partial charge in [0.15, 0.2) is 0 Å². The number of rotatable bonds is 7. The van der Waals surface area contributed by atoms with Crippen molar-refractivity contribution in [1.82, 2.24) is 5.32 Å². The Kier molecular flexibility index (Phi) is 7.30. The average Bonchev–Trinajstić information content (AvgIpc) is 2.77. The molecular weight excluding hydrogens is 423 g/mol. The number of phenols is 1. The lowest BCUT2D eigenvalue weighted by Gasteiger charge is -2.36. The third-order valence-corrected chi connectivity index (χ3v) is 6.12. The Morgan fingerprint density at radius 1 is 1.16 bits per heavy atom. The molecule has 0 spiro atoms. The van der Waals surface area contributed by atoms with Crippen molar-refractivity contribution in [3.8, 4) is 5.75 Å². The number of nitrogens with two attached hydrogens (primary N) is 1. The molecule has 1 unspecified atom stereocenters. The van der Waals surface area contributed by atoms with Crippen molar-refractivity contribution in [3.05, 3.63) is 59.2 Å². The van der Waals surface area contributed by atoms with E-state index in [4.69, 9.17) is 5.73 Å². The van der Waals surface area contributed by atoms with Crippen LogP contribution in [0.2, 0.25) is 0 Å². The smallest absolute Gasteiger partial charge is 0.416 e. The number of hydrogen-bond donors (Lipinski definition) is 4.